The zero-order chi connectivity index (χ0) is 20.4. The number of aromatic nitrogens is 2. The Morgan fingerprint density at radius 3 is 3.03 bits per heavy atom. The second-order valence-electron chi connectivity index (χ2n) is 7.48. The molecule has 0 spiro atoms. The van der Waals surface area contributed by atoms with Crippen LogP contribution in [0.1, 0.15) is 30.2 Å². The lowest BCUT2D eigenvalue weighted by molar-refractivity contribution is -0.116. The third-order valence-corrected chi connectivity index (χ3v) is 6.13. The highest BCUT2D eigenvalue weighted by molar-refractivity contribution is 7.99. The molecule has 2 aromatic rings. The van der Waals surface area contributed by atoms with Gasteiger partial charge in [-0.05, 0) is 37.6 Å². The van der Waals surface area contributed by atoms with Gasteiger partial charge in [0.05, 0.1) is 29.2 Å². The van der Waals surface area contributed by atoms with E-state index in [0.717, 1.165) is 54.2 Å². The van der Waals surface area contributed by atoms with Crippen LogP contribution in [0.25, 0.3) is 0 Å². The molecule has 0 atom stereocenters. The fraction of sp³-hybridized carbons (Fsp3) is 0.476. The van der Waals surface area contributed by atoms with Gasteiger partial charge in [-0.1, -0.05) is 24.8 Å². The molecule has 0 radical (unpaired) electrons. The predicted octanol–water partition coefficient (Wildman–Crippen LogP) is 2.36. The average Bonchev–Trinajstić information content (AvgIpc) is 2.72. The molecular weight excluding hydrogens is 388 g/mol. The van der Waals surface area contributed by atoms with Crippen LogP contribution in [0, 0.1) is 6.92 Å². The number of amides is 1. The van der Waals surface area contributed by atoms with Crippen LogP contribution in [-0.2, 0) is 17.8 Å². The molecule has 1 aromatic carbocycles. The summed E-state index contributed by atoms with van der Waals surface area (Å²) in [5, 5.41) is 0.517. The van der Waals surface area contributed by atoms with Crippen molar-refractivity contribution in [2.24, 2.45) is 0 Å². The van der Waals surface area contributed by atoms with E-state index in [4.69, 9.17) is 4.74 Å². The number of carbonyl (C=O) groups is 1. The van der Waals surface area contributed by atoms with Gasteiger partial charge in [-0.2, -0.15) is 0 Å². The maximum atomic E-state index is 12.9. The summed E-state index contributed by atoms with van der Waals surface area (Å²) in [4.78, 5) is 36.9. The number of H-pyrrole nitrogens is 1. The summed E-state index contributed by atoms with van der Waals surface area (Å²) in [6.07, 6.45) is 1.85. The van der Waals surface area contributed by atoms with E-state index in [1.165, 1.54) is 11.8 Å². The first-order valence-corrected chi connectivity index (χ1v) is 11.0. The minimum absolute atomic E-state index is 0.0142. The van der Waals surface area contributed by atoms with Gasteiger partial charge in [0.2, 0.25) is 5.91 Å². The first kappa shape index (κ1) is 20.0. The maximum Gasteiger partial charge on any atom is 0.256 e. The van der Waals surface area contributed by atoms with Gasteiger partial charge < -0.3 is 14.6 Å². The minimum atomic E-state index is -0.0851. The number of benzene rings is 1. The van der Waals surface area contributed by atoms with Gasteiger partial charge in [0, 0.05) is 19.5 Å². The van der Waals surface area contributed by atoms with E-state index in [1.54, 1.807) is 4.90 Å². The summed E-state index contributed by atoms with van der Waals surface area (Å²) < 4.78 is 5.66. The van der Waals surface area contributed by atoms with E-state index in [9.17, 15) is 9.59 Å². The Hall–Kier alpha value is -2.32. The number of nitrogens with zero attached hydrogens (tertiary/aromatic N) is 3. The summed E-state index contributed by atoms with van der Waals surface area (Å²) in [6.45, 7) is 7.71. The Morgan fingerprint density at radius 2 is 2.21 bits per heavy atom. The third-order valence-electron chi connectivity index (χ3n) is 5.28. The topological polar surface area (TPSA) is 78.5 Å². The fourth-order valence-corrected chi connectivity index (χ4v) is 4.58. The van der Waals surface area contributed by atoms with Crippen molar-refractivity contribution in [3.63, 3.8) is 0 Å². The van der Waals surface area contributed by atoms with Crippen molar-refractivity contribution in [3.05, 3.63) is 45.4 Å². The molecule has 0 bridgehead atoms. The number of carbonyl (C=O) groups excluding carboxylic acids is 1. The molecule has 2 aliphatic rings. The van der Waals surface area contributed by atoms with Crippen LogP contribution in [0.3, 0.4) is 0 Å². The van der Waals surface area contributed by atoms with E-state index >= 15 is 0 Å². The summed E-state index contributed by atoms with van der Waals surface area (Å²) in [7, 11) is 0. The number of hydrogen-bond donors (Lipinski definition) is 1. The number of fused-ring (bicyclic) bond motifs is 2. The van der Waals surface area contributed by atoms with Gasteiger partial charge in [0.1, 0.15) is 12.4 Å². The number of thioether (sulfide) groups is 1. The number of rotatable bonds is 5. The van der Waals surface area contributed by atoms with Crippen molar-refractivity contribution >= 4 is 23.4 Å². The first-order valence-electron chi connectivity index (χ1n) is 10.1. The summed E-state index contributed by atoms with van der Waals surface area (Å²) in [6, 6.07) is 5.85. The zero-order valence-corrected chi connectivity index (χ0v) is 17.7. The van der Waals surface area contributed by atoms with Gasteiger partial charge in [-0.3, -0.25) is 14.5 Å². The summed E-state index contributed by atoms with van der Waals surface area (Å²) >= 11 is 1.29. The lowest BCUT2D eigenvalue weighted by Gasteiger charge is -2.30. The van der Waals surface area contributed by atoms with Crippen LogP contribution in [0.2, 0.25) is 0 Å². The molecular formula is C21H26N4O3S. The normalized spacial score (nSPS) is 16.1. The standard InChI is InChI=1S/C21H26N4O3S/c1-3-7-24-8-6-16-15(12-24)20(27)23-21(22-16)29-13-19(26)25-9-10-28-18-5-4-14(2)11-17(18)25/h4-5,11H,3,6-10,12-13H2,1-2H3,(H,22,23,27). The smallest absolute Gasteiger partial charge is 0.256 e. The second-order valence-corrected chi connectivity index (χ2v) is 8.44. The summed E-state index contributed by atoms with van der Waals surface area (Å²) in [5.74, 6) is 0.939. The van der Waals surface area contributed by atoms with Crippen LogP contribution in [0.15, 0.2) is 28.2 Å². The van der Waals surface area contributed by atoms with Gasteiger partial charge in [0.15, 0.2) is 5.16 Å². The Balaban J connectivity index is 1.45. The number of aryl methyl sites for hydroxylation is 1. The number of nitrogens with one attached hydrogen (secondary N) is 1. The van der Waals surface area contributed by atoms with E-state index in [-0.39, 0.29) is 17.2 Å². The van der Waals surface area contributed by atoms with Gasteiger partial charge in [-0.15, -0.1) is 0 Å². The van der Waals surface area contributed by atoms with Crippen molar-refractivity contribution in [1.82, 2.24) is 14.9 Å². The van der Waals surface area contributed by atoms with Gasteiger partial charge >= 0.3 is 0 Å². The quantitative estimate of drug-likeness (QED) is 0.598. The van der Waals surface area contributed by atoms with Gasteiger partial charge in [0.25, 0.3) is 5.56 Å². The van der Waals surface area contributed by atoms with Crippen LogP contribution < -0.4 is 15.2 Å². The molecule has 0 saturated heterocycles. The van der Waals surface area contributed by atoms with Crippen molar-refractivity contribution in [2.75, 3.05) is 36.9 Å². The first-order chi connectivity index (χ1) is 14.0. The highest BCUT2D eigenvalue weighted by Crippen LogP contribution is 2.33. The van der Waals surface area contributed by atoms with E-state index in [1.807, 2.05) is 25.1 Å². The molecule has 29 heavy (non-hydrogen) atoms. The molecule has 1 N–H and O–H groups in total. The number of ether oxygens (including phenoxy) is 1. The molecule has 4 rings (SSSR count). The second kappa shape index (κ2) is 8.59. The monoisotopic (exact) mass is 414 g/mol. The predicted molar refractivity (Wildman–Crippen MR) is 114 cm³/mol. The van der Waals surface area contributed by atoms with Crippen LogP contribution >= 0.6 is 11.8 Å². The Kier molecular flexibility index (Phi) is 5.91. The Bertz CT molecular complexity index is 975. The number of hydrogen-bond acceptors (Lipinski definition) is 6. The minimum Gasteiger partial charge on any atom is -0.490 e. The van der Waals surface area contributed by atoms with Crippen molar-refractivity contribution in [2.45, 2.75) is 38.4 Å². The number of anilines is 1. The molecule has 0 aliphatic carbocycles. The highest BCUT2D eigenvalue weighted by Gasteiger charge is 2.25. The molecule has 8 heteroatoms. The SMILES string of the molecule is CCCN1CCc2nc(SCC(=O)N3CCOc4ccc(C)cc43)[nH]c(=O)c2C1. The fourth-order valence-electron chi connectivity index (χ4n) is 3.83. The molecule has 1 amide bonds. The van der Waals surface area contributed by atoms with E-state index in [0.29, 0.717) is 24.9 Å². The van der Waals surface area contributed by atoms with Crippen molar-refractivity contribution in [3.8, 4) is 5.75 Å². The molecule has 3 heterocycles. The molecule has 0 unspecified atom stereocenters. The molecule has 7 nitrogen and oxygen atoms in total. The van der Waals surface area contributed by atoms with Crippen molar-refractivity contribution < 1.29 is 9.53 Å². The number of aromatic amines is 1. The maximum absolute atomic E-state index is 12.9. The molecule has 154 valence electrons. The van der Waals surface area contributed by atoms with Crippen LogP contribution in [0.5, 0.6) is 5.75 Å². The molecule has 2 aliphatic heterocycles. The van der Waals surface area contributed by atoms with E-state index < -0.39 is 0 Å². The molecule has 1 aromatic heterocycles. The van der Waals surface area contributed by atoms with Crippen LogP contribution in [0.4, 0.5) is 5.69 Å². The lowest BCUT2D eigenvalue weighted by Crippen LogP contribution is -2.39. The largest absolute Gasteiger partial charge is 0.490 e. The summed E-state index contributed by atoms with van der Waals surface area (Å²) in [5.41, 5.74) is 3.43. The lowest BCUT2D eigenvalue weighted by atomic mass is 10.1. The Morgan fingerprint density at radius 1 is 1.34 bits per heavy atom. The zero-order valence-electron chi connectivity index (χ0n) is 16.9. The third kappa shape index (κ3) is 4.33. The molecule has 0 saturated carbocycles. The van der Waals surface area contributed by atoms with E-state index in [2.05, 4.69) is 21.8 Å². The highest BCUT2D eigenvalue weighted by atomic mass is 32.2. The van der Waals surface area contributed by atoms with Crippen LogP contribution in [-0.4, -0.2) is 52.8 Å². The average molecular weight is 415 g/mol. The molecule has 0 fully saturated rings. The Labute approximate surface area is 174 Å². The van der Waals surface area contributed by atoms with Gasteiger partial charge in [-0.25, -0.2) is 4.98 Å². The van der Waals surface area contributed by atoms with Crippen molar-refractivity contribution in [1.29, 1.82) is 0 Å².